The van der Waals surface area contributed by atoms with Crippen LogP contribution in [0.25, 0.3) is 5.82 Å². The third-order valence-electron chi connectivity index (χ3n) is 4.49. The van der Waals surface area contributed by atoms with Gasteiger partial charge >= 0.3 is 0 Å². The molecule has 0 aromatic carbocycles. The lowest BCUT2D eigenvalue weighted by molar-refractivity contribution is 0.0992. The van der Waals surface area contributed by atoms with Crippen LogP contribution in [-0.4, -0.2) is 45.0 Å². The summed E-state index contributed by atoms with van der Waals surface area (Å²) in [5.41, 5.74) is 3.27. The minimum atomic E-state index is -0.198. The smallest absolute Gasteiger partial charge is 0.261 e. The summed E-state index contributed by atoms with van der Waals surface area (Å²) in [6.07, 6.45) is 6.34. The standard InChI is InChI=1S/C21H21N7O2/c1-5-30-26-19(10-22)16-9-14(2)20(24-11-16)28-15(3)18(13-25-28)21(29)27(4)17-7-6-8-23-12-17/h6-9,11-13H,5H2,1-4H3/b26-19+. The lowest BCUT2D eigenvalue weighted by Gasteiger charge is -2.16. The minimum absolute atomic E-state index is 0.144. The Bertz CT molecular complexity index is 1130. The van der Waals surface area contributed by atoms with Crippen LogP contribution in [0.2, 0.25) is 0 Å². The number of hydrogen-bond donors (Lipinski definition) is 0. The van der Waals surface area contributed by atoms with E-state index in [1.807, 2.05) is 26.0 Å². The van der Waals surface area contributed by atoms with Gasteiger partial charge in [-0.1, -0.05) is 5.16 Å². The van der Waals surface area contributed by atoms with Crippen molar-refractivity contribution in [2.24, 2.45) is 5.16 Å². The third-order valence-corrected chi connectivity index (χ3v) is 4.49. The molecule has 0 saturated carbocycles. The van der Waals surface area contributed by atoms with Crippen LogP contribution in [0.4, 0.5) is 5.69 Å². The predicted octanol–water partition coefficient (Wildman–Crippen LogP) is 2.82. The maximum Gasteiger partial charge on any atom is 0.261 e. The summed E-state index contributed by atoms with van der Waals surface area (Å²) in [7, 11) is 1.69. The van der Waals surface area contributed by atoms with Gasteiger partial charge in [0.1, 0.15) is 12.7 Å². The minimum Gasteiger partial charge on any atom is -0.395 e. The molecular weight excluding hydrogens is 382 g/mol. The second-order valence-electron chi connectivity index (χ2n) is 6.46. The monoisotopic (exact) mass is 403 g/mol. The molecule has 0 atom stereocenters. The number of oxime groups is 1. The molecule has 3 heterocycles. The summed E-state index contributed by atoms with van der Waals surface area (Å²) in [6.45, 7) is 5.82. The average Bonchev–Trinajstić information content (AvgIpc) is 3.15. The molecule has 0 bridgehead atoms. The Labute approximate surface area is 174 Å². The molecule has 3 rings (SSSR count). The van der Waals surface area contributed by atoms with Crippen LogP contribution in [-0.2, 0) is 4.84 Å². The number of amides is 1. The van der Waals surface area contributed by atoms with Crippen LogP contribution in [0.5, 0.6) is 0 Å². The Morgan fingerprint density at radius 1 is 1.33 bits per heavy atom. The maximum absolute atomic E-state index is 12.9. The maximum atomic E-state index is 12.9. The highest BCUT2D eigenvalue weighted by molar-refractivity contribution is 6.11. The number of nitrogens with zero attached hydrogens (tertiary/aromatic N) is 7. The molecule has 9 nitrogen and oxygen atoms in total. The SMILES string of the molecule is CCO/N=C(\C#N)c1cnc(-n2ncc(C(=O)N(C)c3cccnc3)c2C)c(C)c1. The van der Waals surface area contributed by atoms with Gasteiger partial charge in [-0.2, -0.15) is 10.4 Å². The first-order valence-electron chi connectivity index (χ1n) is 9.28. The van der Waals surface area contributed by atoms with Crippen molar-refractivity contribution in [3.8, 4) is 11.9 Å². The van der Waals surface area contributed by atoms with Crippen molar-refractivity contribution in [3.63, 3.8) is 0 Å². The lowest BCUT2D eigenvalue weighted by Crippen LogP contribution is -2.26. The van der Waals surface area contributed by atoms with Crippen LogP contribution in [0.1, 0.15) is 34.1 Å². The molecule has 0 spiro atoms. The summed E-state index contributed by atoms with van der Waals surface area (Å²) in [4.78, 5) is 27.9. The van der Waals surface area contributed by atoms with Gasteiger partial charge in [-0.25, -0.2) is 9.67 Å². The van der Waals surface area contributed by atoms with Gasteiger partial charge < -0.3 is 9.74 Å². The summed E-state index contributed by atoms with van der Waals surface area (Å²) < 4.78 is 1.61. The fourth-order valence-electron chi connectivity index (χ4n) is 2.87. The van der Waals surface area contributed by atoms with Crippen molar-refractivity contribution in [1.29, 1.82) is 5.26 Å². The van der Waals surface area contributed by atoms with Crippen LogP contribution in [0.15, 0.2) is 48.1 Å². The van der Waals surface area contributed by atoms with Gasteiger partial charge in [0.2, 0.25) is 0 Å². The molecule has 1 amide bonds. The van der Waals surface area contributed by atoms with Gasteiger partial charge in [0.05, 0.1) is 29.3 Å². The zero-order valence-corrected chi connectivity index (χ0v) is 17.2. The van der Waals surface area contributed by atoms with E-state index in [9.17, 15) is 10.1 Å². The number of hydrogen-bond acceptors (Lipinski definition) is 7. The summed E-state index contributed by atoms with van der Waals surface area (Å²) >= 11 is 0. The van der Waals surface area contributed by atoms with E-state index in [1.54, 1.807) is 43.2 Å². The number of aryl methyl sites for hydroxylation is 1. The highest BCUT2D eigenvalue weighted by atomic mass is 16.6. The second-order valence-corrected chi connectivity index (χ2v) is 6.46. The van der Waals surface area contributed by atoms with Gasteiger partial charge in [-0.15, -0.1) is 0 Å². The van der Waals surface area contributed by atoms with Crippen molar-refractivity contribution in [3.05, 3.63) is 65.4 Å². The highest BCUT2D eigenvalue weighted by Crippen LogP contribution is 2.20. The van der Waals surface area contributed by atoms with Gasteiger partial charge in [0.15, 0.2) is 11.5 Å². The Kier molecular flexibility index (Phi) is 6.17. The first-order chi connectivity index (χ1) is 14.5. The second kappa shape index (κ2) is 8.96. The number of nitriles is 1. The van der Waals surface area contributed by atoms with E-state index in [4.69, 9.17) is 4.84 Å². The number of rotatable bonds is 6. The number of carbonyl (C=O) groups is 1. The van der Waals surface area contributed by atoms with E-state index >= 15 is 0 Å². The molecule has 0 aliphatic carbocycles. The van der Waals surface area contributed by atoms with Crippen LogP contribution in [0.3, 0.4) is 0 Å². The van der Waals surface area contributed by atoms with Crippen molar-refractivity contribution >= 4 is 17.3 Å². The van der Waals surface area contributed by atoms with Crippen molar-refractivity contribution in [1.82, 2.24) is 19.7 Å². The van der Waals surface area contributed by atoms with E-state index in [0.717, 1.165) is 5.56 Å². The van der Waals surface area contributed by atoms with Gasteiger partial charge in [-0.3, -0.25) is 9.78 Å². The molecule has 0 unspecified atom stereocenters. The molecule has 0 radical (unpaired) electrons. The quantitative estimate of drug-likeness (QED) is 0.462. The molecule has 3 aromatic heterocycles. The number of pyridine rings is 2. The Morgan fingerprint density at radius 3 is 2.77 bits per heavy atom. The number of aromatic nitrogens is 4. The Morgan fingerprint density at radius 2 is 2.13 bits per heavy atom. The molecule has 30 heavy (non-hydrogen) atoms. The third kappa shape index (κ3) is 4.03. The fraction of sp³-hybridized carbons (Fsp3) is 0.238. The zero-order chi connectivity index (χ0) is 21.7. The molecular formula is C21H21N7O2. The predicted molar refractivity (Wildman–Crippen MR) is 112 cm³/mol. The molecule has 0 aliphatic rings. The van der Waals surface area contributed by atoms with Crippen LogP contribution >= 0.6 is 0 Å². The summed E-state index contributed by atoms with van der Waals surface area (Å²) in [6, 6.07) is 7.37. The summed E-state index contributed by atoms with van der Waals surface area (Å²) in [5, 5.41) is 17.4. The number of anilines is 1. The zero-order valence-electron chi connectivity index (χ0n) is 17.2. The van der Waals surface area contributed by atoms with Gasteiger partial charge in [0.25, 0.3) is 5.91 Å². The largest absolute Gasteiger partial charge is 0.395 e. The molecule has 0 fully saturated rings. The van der Waals surface area contributed by atoms with E-state index in [-0.39, 0.29) is 11.6 Å². The number of carbonyl (C=O) groups excluding carboxylic acids is 1. The molecule has 152 valence electrons. The van der Waals surface area contributed by atoms with E-state index in [2.05, 4.69) is 20.2 Å². The van der Waals surface area contributed by atoms with E-state index in [1.165, 1.54) is 17.3 Å². The van der Waals surface area contributed by atoms with Crippen LogP contribution < -0.4 is 4.90 Å². The highest BCUT2D eigenvalue weighted by Gasteiger charge is 2.21. The van der Waals surface area contributed by atoms with Crippen molar-refractivity contribution < 1.29 is 9.63 Å². The van der Waals surface area contributed by atoms with E-state index < -0.39 is 0 Å². The molecule has 3 aromatic rings. The molecule has 0 N–H and O–H groups in total. The molecule has 9 heteroatoms. The van der Waals surface area contributed by atoms with Gasteiger partial charge in [-0.05, 0) is 44.5 Å². The van der Waals surface area contributed by atoms with E-state index in [0.29, 0.717) is 34.9 Å². The fourth-order valence-corrected chi connectivity index (χ4v) is 2.87. The lowest BCUT2D eigenvalue weighted by atomic mass is 10.1. The van der Waals surface area contributed by atoms with Crippen molar-refractivity contribution in [2.45, 2.75) is 20.8 Å². The van der Waals surface area contributed by atoms with Crippen LogP contribution in [0, 0.1) is 25.2 Å². The van der Waals surface area contributed by atoms with Gasteiger partial charge in [0, 0.05) is 25.0 Å². The Hall–Kier alpha value is -4.06. The Balaban J connectivity index is 1.92. The molecule has 0 saturated heterocycles. The first-order valence-corrected chi connectivity index (χ1v) is 9.28. The average molecular weight is 403 g/mol. The first kappa shape index (κ1) is 20.7. The van der Waals surface area contributed by atoms with Crippen molar-refractivity contribution in [2.75, 3.05) is 18.6 Å². The topological polar surface area (TPSA) is 109 Å². The molecule has 0 aliphatic heterocycles. The summed E-state index contributed by atoms with van der Waals surface area (Å²) in [5.74, 6) is 0.365. The normalized spacial score (nSPS) is 11.1.